The maximum Gasteiger partial charge on any atom is 0.241 e. The molecule has 0 radical (unpaired) electrons. The predicted molar refractivity (Wildman–Crippen MR) is 65.8 cm³/mol. The molecule has 1 heterocycles. The first-order valence-corrected chi connectivity index (χ1v) is 5.82. The highest BCUT2D eigenvalue weighted by molar-refractivity contribution is 6.31. The summed E-state index contributed by atoms with van der Waals surface area (Å²) in [7, 11) is 0. The number of hydrogen-bond acceptors (Lipinski definition) is 3. The molecule has 2 rings (SSSR count). The summed E-state index contributed by atoms with van der Waals surface area (Å²) in [6.45, 7) is 0.877. The number of nitrogens with one attached hydrogen (secondary N) is 2. The summed E-state index contributed by atoms with van der Waals surface area (Å²) < 4.78 is 0. The Morgan fingerprint density at radius 1 is 1.59 bits per heavy atom. The summed E-state index contributed by atoms with van der Waals surface area (Å²) in [6, 6.07) is 6.73. The number of halogens is 1. The number of carbonyl (C=O) groups excluding carboxylic acids is 1. The van der Waals surface area contributed by atoms with Gasteiger partial charge in [-0.2, -0.15) is 5.26 Å². The molecule has 1 aromatic rings. The smallest absolute Gasteiger partial charge is 0.241 e. The van der Waals surface area contributed by atoms with Crippen molar-refractivity contribution < 1.29 is 4.79 Å². The SMILES string of the molecule is N#Cc1cc(NC(=O)[C@H]2CCCN2)ccc1Cl. The van der Waals surface area contributed by atoms with Crippen LogP contribution in [-0.2, 0) is 4.79 Å². The molecule has 1 atom stereocenters. The van der Waals surface area contributed by atoms with Crippen LogP contribution in [0.5, 0.6) is 0 Å². The molecule has 0 saturated carbocycles. The summed E-state index contributed by atoms with van der Waals surface area (Å²) in [5.74, 6) is -0.0614. The van der Waals surface area contributed by atoms with Gasteiger partial charge in [-0.05, 0) is 37.6 Å². The average molecular weight is 250 g/mol. The molecule has 17 heavy (non-hydrogen) atoms. The first-order chi connectivity index (χ1) is 8.20. The van der Waals surface area contributed by atoms with Crippen LogP contribution in [0.3, 0.4) is 0 Å². The third kappa shape index (κ3) is 2.76. The lowest BCUT2D eigenvalue weighted by molar-refractivity contribution is -0.117. The molecule has 1 fully saturated rings. The van der Waals surface area contributed by atoms with Crippen molar-refractivity contribution in [3.8, 4) is 6.07 Å². The Labute approximate surface area is 105 Å². The van der Waals surface area contributed by atoms with Crippen LogP contribution < -0.4 is 10.6 Å². The minimum absolute atomic E-state index is 0.0614. The zero-order valence-electron chi connectivity index (χ0n) is 9.16. The predicted octanol–water partition coefficient (Wildman–Crippen LogP) is 1.90. The molecule has 1 aliphatic rings. The third-order valence-corrected chi connectivity index (χ3v) is 3.06. The molecule has 0 aromatic heterocycles. The molecular formula is C12H12ClN3O. The van der Waals surface area contributed by atoms with Gasteiger partial charge in [-0.3, -0.25) is 4.79 Å². The molecule has 1 aromatic carbocycles. The Bertz CT molecular complexity index is 475. The first kappa shape index (κ1) is 11.9. The van der Waals surface area contributed by atoms with Gasteiger partial charge in [-0.25, -0.2) is 0 Å². The van der Waals surface area contributed by atoms with Crippen molar-refractivity contribution in [3.63, 3.8) is 0 Å². The number of carbonyl (C=O) groups is 1. The van der Waals surface area contributed by atoms with E-state index in [-0.39, 0.29) is 11.9 Å². The largest absolute Gasteiger partial charge is 0.325 e. The minimum atomic E-state index is -0.129. The quantitative estimate of drug-likeness (QED) is 0.841. The topological polar surface area (TPSA) is 64.9 Å². The molecule has 0 bridgehead atoms. The molecule has 2 N–H and O–H groups in total. The fourth-order valence-electron chi connectivity index (χ4n) is 1.83. The third-order valence-electron chi connectivity index (χ3n) is 2.73. The maximum absolute atomic E-state index is 11.8. The number of nitriles is 1. The van der Waals surface area contributed by atoms with E-state index in [0.29, 0.717) is 16.3 Å². The van der Waals surface area contributed by atoms with Crippen molar-refractivity contribution in [1.82, 2.24) is 5.32 Å². The van der Waals surface area contributed by atoms with Crippen molar-refractivity contribution in [2.45, 2.75) is 18.9 Å². The van der Waals surface area contributed by atoms with Crippen molar-refractivity contribution in [1.29, 1.82) is 5.26 Å². The van der Waals surface area contributed by atoms with E-state index in [1.807, 2.05) is 6.07 Å². The Morgan fingerprint density at radius 2 is 2.41 bits per heavy atom. The lowest BCUT2D eigenvalue weighted by Crippen LogP contribution is -2.35. The summed E-state index contributed by atoms with van der Waals surface area (Å²) in [5, 5.41) is 15.1. The first-order valence-electron chi connectivity index (χ1n) is 5.44. The lowest BCUT2D eigenvalue weighted by Gasteiger charge is -2.11. The fourth-order valence-corrected chi connectivity index (χ4v) is 1.99. The van der Waals surface area contributed by atoms with Crippen LogP contribution in [-0.4, -0.2) is 18.5 Å². The van der Waals surface area contributed by atoms with Crippen LogP contribution in [0.1, 0.15) is 18.4 Å². The van der Waals surface area contributed by atoms with Gasteiger partial charge >= 0.3 is 0 Å². The number of nitrogens with zero attached hydrogens (tertiary/aromatic N) is 1. The molecule has 88 valence electrons. The van der Waals surface area contributed by atoms with Gasteiger partial charge < -0.3 is 10.6 Å². The standard InChI is InChI=1S/C12H12ClN3O/c13-10-4-3-9(6-8(10)7-14)16-12(17)11-2-1-5-15-11/h3-4,6,11,15H,1-2,5H2,(H,16,17)/t11-/m1/s1. The zero-order chi connectivity index (χ0) is 12.3. The summed E-state index contributed by atoms with van der Waals surface area (Å²) in [5.41, 5.74) is 0.966. The van der Waals surface area contributed by atoms with Crippen LogP contribution in [0.15, 0.2) is 18.2 Å². The average Bonchev–Trinajstić information content (AvgIpc) is 2.85. The molecule has 0 aliphatic carbocycles. The van der Waals surface area contributed by atoms with E-state index >= 15 is 0 Å². The van der Waals surface area contributed by atoms with Gasteiger partial charge in [0.25, 0.3) is 0 Å². The normalized spacial score (nSPS) is 18.7. The Hall–Kier alpha value is -1.57. The van der Waals surface area contributed by atoms with E-state index in [0.717, 1.165) is 19.4 Å². The fraction of sp³-hybridized carbons (Fsp3) is 0.333. The van der Waals surface area contributed by atoms with Crippen LogP contribution in [0.25, 0.3) is 0 Å². The Kier molecular flexibility index (Phi) is 3.62. The van der Waals surface area contributed by atoms with E-state index in [2.05, 4.69) is 10.6 Å². The van der Waals surface area contributed by atoms with Crippen LogP contribution >= 0.6 is 11.6 Å². The van der Waals surface area contributed by atoms with Crippen molar-refractivity contribution in [2.75, 3.05) is 11.9 Å². The molecule has 5 heteroatoms. The lowest BCUT2D eigenvalue weighted by atomic mass is 10.2. The van der Waals surface area contributed by atoms with Gasteiger partial charge in [-0.1, -0.05) is 11.6 Å². The van der Waals surface area contributed by atoms with Crippen LogP contribution in [0.4, 0.5) is 5.69 Å². The second-order valence-electron chi connectivity index (χ2n) is 3.94. The van der Waals surface area contributed by atoms with Crippen molar-refractivity contribution in [2.24, 2.45) is 0 Å². The van der Waals surface area contributed by atoms with E-state index in [1.165, 1.54) is 0 Å². The number of benzene rings is 1. The molecule has 1 saturated heterocycles. The molecule has 1 amide bonds. The Morgan fingerprint density at radius 3 is 3.06 bits per heavy atom. The van der Waals surface area contributed by atoms with Crippen molar-refractivity contribution >= 4 is 23.2 Å². The minimum Gasteiger partial charge on any atom is -0.325 e. The van der Waals surface area contributed by atoms with Crippen molar-refractivity contribution in [3.05, 3.63) is 28.8 Å². The number of hydrogen-bond donors (Lipinski definition) is 2. The van der Waals surface area contributed by atoms with Crippen LogP contribution in [0, 0.1) is 11.3 Å². The molecule has 0 unspecified atom stereocenters. The van der Waals surface area contributed by atoms with E-state index in [9.17, 15) is 4.79 Å². The summed E-state index contributed by atoms with van der Waals surface area (Å²) >= 11 is 5.81. The van der Waals surface area contributed by atoms with Crippen LogP contribution in [0.2, 0.25) is 5.02 Å². The maximum atomic E-state index is 11.8. The molecule has 1 aliphatic heterocycles. The van der Waals surface area contributed by atoms with Gasteiger partial charge in [-0.15, -0.1) is 0 Å². The molecule has 4 nitrogen and oxygen atoms in total. The van der Waals surface area contributed by atoms with Gasteiger partial charge in [0.1, 0.15) is 6.07 Å². The van der Waals surface area contributed by atoms with Gasteiger partial charge in [0, 0.05) is 5.69 Å². The highest BCUT2D eigenvalue weighted by Crippen LogP contribution is 2.20. The number of amides is 1. The second kappa shape index (κ2) is 5.17. The van der Waals surface area contributed by atoms with Gasteiger partial charge in [0.15, 0.2) is 0 Å². The highest BCUT2D eigenvalue weighted by Gasteiger charge is 2.21. The second-order valence-corrected chi connectivity index (χ2v) is 4.35. The number of rotatable bonds is 2. The zero-order valence-corrected chi connectivity index (χ0v) is 9.92. The monoisotopic (exact) mass is 249 g/mol. The molecular weight excluding hydrogens is 238 g/mol. The summed E-state index contributed by atoms with van der Waals surface area (Å²) in [4.78, 5) is 11.8. The highest BCUT2D eigenvalue weighted by atomic mass is 35.5. The number of anilines is 1. The van der Waals surface area contributed by atoms with E-state index in [4.69, 9.17) is 16.9 Å². The molecule has 0 spiro atoms. The van der Waals surface area contributed by atoms with E-state index < -0.39 is 0 Å². The Balaban J connectivity index is 2.08. The van der Waals surface area contributed by atoms with E-state index in [1.54, 1.807) is 18.2 Å². The summed E-state index contributed by atoms with van der Waals surface area (Å²) in [6.07, 6.45) is 1.87. The van der Waals surface area contributed by atoms with Gasteiger partial charge in [0.05, 0.1) is 16.6 Å². The van der Waals surface area contributed by atoms with Gasteiger partial charge in [0.2, 0.25) is 5.91 Å².